The molecule has 1 N–H and O–H groups in total. The van der Waals surface area contributed by atoms with Crippen LogP contribution in [0.2, 0.25) is 5.02 Å². The molecule has 0 radical (unpaired) electrons. The number of carbonyl (C=O) groups excluding carboxylic acids is 1. The number of rotatable bonds is 3. The Kier molecular flexibility index (Phi) is 5.07. The first-order valence-corrected chi connectivity index (χ1v) is 7.31. The van der Waals surface area contributed by atoms with Gasteiger partial charge in [-0.05, 0) is 25.1 Å². The van der Waals surface area contributed by atoms with Gasteiger partial charge in [0, 0.05) is 30.5 Å². The maximum absolute atomic E-state index is 12.4. The van der Waals surface area contributed by atoms with Gasteiger partial charge in [-0.2, -0.15) is 0 Å². The molecule has 0 saturated carbocycles. The van der Waals surface area contributed by atoms with Crippen LogP contribution in [0.25, 0.3) is 0 Å². The molecule has 1 fully saturated rings. The monoisotopic (exact) mass is 310 g/mol. The highest BCUT2D eigenvalue weighted by atomic mass is 35.5. The highest BCUT2D eigenvalue weighted by molar-refractivity contribution is 6.30. The molecule has 114 valence electrons. The summed E-state index contributed by atoms with van der Waals surface area (Å²) in [5.41, 5.74) is 0.738. The Morgan fingerprint density at radius 1 is 1.57 bits per heavy atom. The summed E-state index contributed by atoms with van der Waals surface area (Å²) < 4.78 is 5.64. The topological polar surface area (TPSA) is 62.1 Å². The molecule has 1 amide bonds. The molecule has 1 aromatic rings. The van der Waals surface area contributed by atoms with Gasteiger partial charge in [-0.25, -0.2) is 0 Å². The smallest absolute Gasteiger partial charge is 0.263 e. The van der Waals surface area contributed by atoms with E-state index in [1.807, 2.05) is 6.92 Å². The minimum Gasteiger partial charge on any atom is -0.481 e. The summed E-state index contributed by atoms with van der Waals surface area (Å²) in [5.74, 6) is 0.566. The molecular weight excluding hydrogens is 292 g/mol. The minimum absolute atomic E-state index is 0.0612. The fourth-order valence-electron chi connectivity index (χ4n) is 2.42. The molecule has 6 heteroatoms. The van der Waals surface area contributed by atoms with E-state index >= 15 is 0 Å². The van der Waals surface area contributed by atoms with Crippen LogP contribution in [0.15, 0.2) is 29.4 Å². The summed E-state index contributed by atoms with van der Waals surface area (Å²) >= 11 is 5.90. The zero-order valence-electron chi connectivity index (χ0n) is 12.1. The van der Waals surface area contributed by atoms with Crippen LogP contribution < -0.4 is 4.74 Å². The Morgan fingerprint density at radius 2 is 2.33 bits per heavy atom. The Labute approximate surface area is 129 Å². The van der Waals surface area contributed by atoms with E-state index in [9.17, 15) is 4.79 Å². The van der Waals surface area contributed by atoms with E-state index < -0.39 is 6.10 Å². The minimum atomic E-state index is -0.580. The van der Waals surface area contributed by atoms with Crippen molar-refractivity contribution < 1.29 is 14.7 Å². The third kappa shape index (κ3) is 3.88. The molecule has 1 aliphatic rings. The molecule has 1 saturated heterocycles. The maximum atomic E-state index is 12.4. The summed E-state index contributed by atoms with van der Waals surface area (Å²) in [6.45, 7) is 4.76. The van der Waals surface area contributed by atoms with Gasteiger partial charge in [0.2, 0.25) is 0 Å². The van der Waals surface area contributed by atoms with E-state index in [1.54, 1.807) is 36.1 Å². The number of piperidine rings is 1. The van der Waals surface area contributed by atoms with Crippen molar-refractivity contribution in [3.05, 3.63) is 29.3 Å². The van der Waals surface area contributed by atoms with Crippen molar-refractivity contribution in [3.8, 4) is 5.75 Å². The lowest BCUT2D eigenvalue weighted by Gasteiger charge is -2.33. The summed E-state index contributed by atoms with van der Waals surface area (Å²) in [4.78, 5) is 14.1. The number of benzene rings is 1. The molecule has 2 rings (SSSR count). The number of hydrogen-bond acceptors (Lipinski definition) is 4. The Hall–Kier alpha value is -1.75. The van der Waals surface area contributed by atoms with Crippen molar-refractivity contribution in [2.75, 3.05) is 13.1 Å². The lowest BCUT2D eigenvalue weighted by atomic mass is 9.97. The number of carbonyl (C=O) groups is 1. The van der Waals surface area contributed by atoms with Crippen LogP contribution in [-0.2, 0) is 4.79 Å². The summed E-state index contributed by atoms with van der Waals surface area (Å²) in [6, 6.07) is 6.98. The summed E-state index contributed by atoms with van der Waals surface area (Å²) in [7, 11) is 0. The predicted molar refractivity (Wildman–Crippen MR) is 81.1 cm³/mol. The Balaban J connectivity index is 1.97. The molecule has 1 heterocycles. The fraction of sp³-hybridized carbons (Fsp3) is 0.467. The molecule has 2 unspecified atom stereocenters. The van der Waals surface area contributed by atoms with Crippen LogP contribution in [0.1, 0.15) is 20.3 Å². The van der Waals surface area contributed by atoms with Crippen LogP contribution >= 0.6 is 11.6 Å². The van der Waals surface area contributed by atoms with E-state index in [2.05, 4.69) is 5.16 Å². The number of likely N-dealkylation sites (tertiary alicyclic amines) is 1. The zero-order valence-corrected chi connectivity index (χ0v) is 12.9. The van der Waals surface area contributed by atoms with Gasteiger partial charge in [-0.3, -0.25) is 4.79 Å². The van der Waals surface area contributed by atoms with Crippen molar-refractivity contribution in [3.63, 3.8) is 0 Å². The Bertz CT molecular complexity index is 547. The standard InChI is InChI=1S/C15H19ClN2O3/c1-10-9-18(7-6-14(10)17-20)15(19)11(2)21-13-5-3-4-12(16)8-13/h3-5,8,10-11,20H,6-7,9H2,1-2H3/b17-14-. The molecule has 5 nitrogen and oxygen atoms in total. The van der Waals surface area contributed by atoms with E-state index in [0.29, 0.717) is 30.3 Å². The van der Waals surface area contributed by atoms with E-state index in [0.717, 1.165) is 5.71 Å². The lowest BCUT2D eigenvalue weighted by Crippen LogP contribution is -2.47. The second-order valence-corrected chi connectivity index (χ2v) is 5.68. The van der Waals surface area contributed by atoms with Crippen molar-refractivity contribution >= 4 is 23.2 Å². The first kappa shape index (κ1) is 15.6. The molecule has 0 aromatic heterocycles. The number of ether oxygens (including phenoxy) is 1. The largest absolute Gasteiger partial charge is 0.481 e. The maximum Gasteiger partial charge on any atom is 0.263 e. The van der Waals surface area contributed by atoms with E-state index in [1.165, 1.54) is 0 Å². The first-order chi connectivity index (χ1) is 10.0. The van der Waals surface area contributed by atoms with Crippen molar-refractivity contribution in [1.82, 2.24) is 4.90 Å². The molecule has 0 spiro atoms. The van der Waals surface area contributed by atoms with Gasteiger partial charge in [-0.1, -0.05) is 29.7 Å². The first-order valence-electron chi connectivity index (χ1n) is 6.93. The highest BCUT2D eigenvalue weighted by Crippen LogP contribution is 2.20. The van der Waals surface area contributed by atoms with Crippen molar-refractivity contribution in [1.29, 1.82) is 0 Å². The van der Waals surface area contributed by atoms with Crippen LogP contribution in [0.3, 0.4) is 0 Å². The van der Waals surface area contributed by atoms with Gasteiger partial charge in [0.15, 0.2) is 6.10 Å². The molecule has 1 aliphatic heterocycles. The average Bonchev–Trinajstić information content (AvgIpc) is 2.46. The SMILES string of the molecule is CC(Oc1cccc(Cl)c1)C(=O)N1CC/C(=N/O)C(C)C1. The van der Waals surface area contributed by atoms with Crippen LogP contribution in [0.4, 0.5) is 0 Å². The molecule has 0 aliphatic carbocycles. The second kappa shape index (κ2) is 6.80. The van der Waals surface area contributed by atoms with Gasteiger partial charge in [0.1, 0.15) is 5.75 Å². The normalized spacial score (nSPS) is 22.1. The molecular formula is C15H19ClN2O3. The summed E-state index contributed by atoms with van der Waals surface area (Å²) in [5, 5.41) is 12.7. The third-order valence-corrected chi connectivity index (χ3v) is 3.83. The third-order valence-electron chi connectivity index (χ3n) is 3.60. The van der Waals surface area contributed by atoms with Crippen LogP contribution in [-0.4, -0.2) is 40.9 Å². The lowest BCUT2D eigenvalue weighted by molar-refractivity contribution is -0.138. The van der Waals surface area contributed by atoms with Gasteiger partial charge >= 0.3 is 0 Å². The molecule has 0 bridgehead atoms. The van der Waals surface area contributed by atoms with Crippen molar-refractivity contribution in [2.24, 2.45) is 11.1 Å². The van der Waals surface area contributed by atoms with Gasteiger partial charge in [-0.15, -0.1) is 0 Å². The number of nitrogens with zero attached hydrogens (tertiary/aromatic N) is 2. The van der Waals surface area contributed by atoms with E-state index in [-0.39, 0.29) is 11.8 Å². The second-order valence-electron chi connectivity index (χ2n) is 5.24. The van der Waals surface area contributed by atoms with Crippen LogP contribution in [0.5, 0.6) is 5.75 Å². The van der Waals surface area contributed by atoms with Crippen molar-refractivity contribution in [2.45, 2.75) is 26.4 Å². The highest BCUT2D eigenvalue weighted by Gasteiger charge is 2.29. The number of halogens is 1. The van der Waals surface area contributed by atoms with Gasteiger partial charge < -0.3 is 14.8 Å². The van der Waals surface area contributed by atoms with E-state index in [4.69, 9.17) is 21.5 Å². The number of hydrogen-bond donors (Lipinski definition) is 1. The molecule has 21 heavy (non-hydrogen) atoms. The van der Waals surface area contributed by atoms with Gasteiger partial charge in [0.25, 0.3) is 5.91 Å². The molecule has 1 aromatic carbocycles. The zero-order chi connectivity index (χ0) is 15.4. The average molecular weight is 311 g/mol. The fourth-order valence-corrected chi connectivity index (χ4v) is 2.60. The predicted octanol–water partition coefficient (Wildman–Crippen LogP) is 2.81. The van der Waals surface area contributed by atoms with Crippen LogP contribution in [0, 0.1) is 5.92 Å². The number of amides is 1. The number of oxime groups is 1. The Morgan fingerprint density at radius 3 is 2.95 bits per heavy atom. The summed E-state index contributed by atoms with van der Waals surface area (Å²) in [6.07, 6.45) is 0.0103. The quantitative estimate of drug-likeness (QED) is 0.690. The van der Waals surface area contributed by atoms with Gasteiger partial charge in [0.05, 0.1) is 5.71 Å². The molecule has 2 atom stereocenters.